The molecule has 0 spiro atoms. The molecule has 0 saturated carbocycles. The molecule has 0 aliphatic heterocycles. The largest absolute Gasteiger partial charge is 0.384 e. The Balaban J connectivity index is 2.48. The molecule has 0 aromatic heterocycles. The van der Waals surface area contributed by atoms with E-state index < -0.39 is 6.10 Å². The Morgan fingerprint density at radius 3 is 2.39 bits per heavy atom. The molecule has 2 rings (SSSR count). The Hall–Kier alpha value is -1.12. The van der Waals surface area contributed by atoms with Crippen molar-refractivity contribution in [1.82, 2.24) is 0 Å². The predicted molar refractivity (Wildman–Crippen MR) is 78.9 cm³/mol. The number of aryl methyl sites for hydroxylation is 2. The van der Waals surface area contributed by atoms with Gasteiger partial charge in [0.05, 0.1) is 0 Å². The van der Waals surface area contributed by atoms with Crippen molar-refractivity contribution in [2.75, 3.05) is 0 Å². The van der Waals surface area contributed by atoms with E-state index in [2.05, 4.69) is 28.9 Å². The zero-order valence-electron chi connectivity index (χ0n) is 10.9. The van der Waals surface area contributed by atoms with E-state index in [1.165, 1.54) is 5.56 Å². The van der Waals surface area contributed by atoms with Crippen molar-refractivity contribution < 1.29 is 5.11 Å². The van der Waals surface area contributed by atoms with Crippen LogP contribution in [0, 0.1) is 20.8 Å². The SMILES string of the molecule is Cc1ccc(C(O)c2cccc(Br)c2C)c(C)c1. The fourth-order valence-electron chi connectivity index (χ4n) is 2.22. The molecule has 0 heterocycles. The average molecular weight is 305 g/mol. The van der Waals surface area contributed by atoms with E-state index in [4.69, 9.17) is 0 Å². The highest BCUT2D eigenvalue weighted by Gasteiger charge is 2.15. The van der Waals surface area contributed by atoms with Crippen LogP contribution in [0.4, 0.5) is 0 Å². The number of halogens is 1. The van der Waals surface area contributed by atoms with Gasteiger partial charge in [0.25, 0.3) is 0 Å². The van der Waals surface area contributed by atoms with Crippen LogP contribution in [0.3, 0.4) is 0 Å². The van der Waals surface area contributed by atoms with Gasteiger partial charge in [-0.05, 0) is 49.1 Å². The van der Waals surface area contributed by atoms with E-state index in [0.29, 0.717) is 0 Å². The fourth-order valence-corrected chi connectivity index (χ4v) is 2.60. The second-order valence-corrected chi connectivity index (χ2v) is 5.57. The van der Waals surface area contributed by atoms with E-state index in [1.54, 1.807) is 0 Å². The number of rotatable bonds is 2. The molecule has 18 heavy (non-hydrogen) atoms. The number of benzene rings is 2. The minimum atomic E-state index is -0.567. The Morgan fingerprint density at radius 1 is 1.00 bits per heavy atom. The molecular weight excluding hydrogens is 288 g/mol. The molecule has 1 nitrogen and oxygen atoms in total. The van der Waals surface area contributed by atoms with Gasteiger partial charge in [-0.2, -0.15) is 0 Å². The topological polar surface area (TPSA) is 20.2 Å². The molecule has 0 saturated heterocycles. The highest BCUT2D eigenvalue weighted by Crippen LogP contribution is 2.30. The van der Waals surface area contributed by atoms with Crippen LogP contribution in [0.5, 0.6) is 0 Å². The quantitative estimate of drug-likeness (QED) is 0.868. The molecule has 0 aliphatic rings. The third-order valence-corrected chi connectivity index (χ3v) is 4.18. The fraction of sp³-hybridized carbons (Fsp3) is 0.250. The summed E-state index contributed by atoms with van der Waals surface area (Å²) in [6, 6.07) is 12.1. The lowest BCUT2D eigenvalue weighted by molar-refractivity contribution is 0.218. The summed E-state index contributed by atoms with van der Waals surface area (Å²) in [6.45, 7) is 6.12. The van der Waals surface area contributed by atoms with Crippen molar-refractivity contribution in [1.29, 1.82) is 0 Å². The third-order valence-electron chi connectivity index (χ3n) is 3.32. The lowest BCUT2D eigenvalue weighted by Crippen LogP contribution is -2.04. The summed E-state index contributed by atoms with van der Waals surface area (Å²) in [7, 11) is 0. The Morgan fingerprint density at radius 2 is 1.72 bits per heavy atom. The van der Waals surface area contributed by atoms with Crippen molar-refractivity contribution >= 4 is 15.9 Å². The van der Waals surface area contributed by atoms with Gasteiger partial charge < -0.3 is 5.11 Å². The minimum absolute atomic E-state index is 0.567. The third kappa shape index (κ3) is 2.50. The first kappa shape index (κ1) is 13.3. The maximum Gasteiger partial charge on any atom is 0.105 e. The van der Waals surface area contributed by atoms with Crippen molar-refractivity contribution in [2.45, 2.75) is 26.9 Å². The summed E-state index contributed by atoms with van der Waals surface area (Å²) in [6.07, 6.45) is -0.567. The molecule has 1 atom stereocenters. The van der Waals surface area contributed by atoms with Crippen LogP contribution < -0.4 is 0 Å². The van der Waals surface area contributed by atoms with Crippen molar-refractivity contribution in [3.63, 3.8) is 0 Å². The minimum Gasteiger partial charge on any atom is -0.384 e. The molecular formula is C16H17BrO. The summed E-state index contributed by atoms with van der Waals surface area (Å²) in [5, 5.41) is 10.5. The Labute approximate surface area is 117 Å². The highest BCUT2D eigenvalue weighted by atomic mass is 79.9. The lowest BCUT2D eigenvalue weighted by Gasteiger charge is -2.17. The van der Waals surface area contributed by atoms with Crippen LogP contribution in [0.1, 0.15) is 33.9 Å². The van der Waals surface area contributed by atoms with Gasteiger partial charge in [-0.15, -0.1) is 0 Å². The summed E-state index contributed by atoms with van der Waals surface area (Å²) in [5.74, 6) is 0. The molecule has 0 amide bonds. The maximum absolute atomic E-state index is 10.5. The Bertz CT molecular complexity index is 575. The van der Waals surface area contributed by atoms with Gasteiger partial charge in [0.2, 0.25) is 0 Å². The van der Waals surface area contributed by atoms with E-state index in [0.717, 1.165) is 26.7 Å². The normalized spacial score (nSPS) is 12.5. The molecule has 0 aliphatic carbocycles. The second-order valence-electron chi connectivity index (χ2n) is 4.72. The summed E-state index contributed by atoms with van der Waals surface area (Å²) in [5.41, 5.74) is 5.36. The molecule has 1 N–H and O–H groups in total. The number of hydrogen-bond acceptors (Lipinski definition) is 1. The first-order valence-electron chi connectivity index (χ1n) is 6.01. The van der Waals surface area contributed by atoms with E-state index in [1.807, 2.05) is 44.2 Å². The standard InChI is InChI=1S/C16H17BrO/c1-10-7-8-13(11(2)9-10)16(18)14-5-4-6-15(17)12(14)3/h4-9,16,18H,1-3H3. The van der Waals surface area contributed by atoms with Gasteiger partial charge in [0.1, 0.15) is 6.10 Å². The second kappa shape index (κ2) is 5.25. The molecule has 2 aromatic carbocycles. The van der Waals surface area contributed by atoms with Gasteiger partial charge in [0, 0.05) is 4.47 Å². The van der Waals surface area contributed by atoms with Crippen molar-refractivity contribution in [3.05, 3.63) is 68.7 Å². The molecule has 1 unspecified atom stereocenters. The van der Waals surface area contributed by atoms with E-state index in [-0.39, 0.29) is 0 Å². The number of aliphatic hydroxyl groups is 1. The van der Waals surface area contributed by atoms with Crippen LogP contribution in [-0.4, -0.2) is 5.11 Å². The van der Waals surface area contributed by atoms with Crippen molar-refractivity contribution in [3.8, 4) is 0 Å². The molecule has 2 heteroatoms. The zero-order chi connectivity index (χ0) is 13.3. The first-order chi connectivity index (χ1) is 8.50. The Kier molecular flexibility index (Phi) is 3.88. The molecule has 0 fully saturated rings. The molecule has 2 aromatic rings. The summed E-state index contributed by atoms with van der Waals surface area (Å²) >= 11 is 3.51. The monoisotopic (exact) mass is 304 g/mol. The average Bonchev–Trinajstić information content (AvgIpc) is 2.32. The number of hydrogen-bond donors (Lipinski definition) is 1. The molecule has 0 radical (unpaired) electrons. The number of aliphatic hydroxyl groups excluding tert-OH is 1. The van der Waals surface area contributed by atoms with Gasteiger partial charge in [-0.1, -0.05) is 51.8 Å². The van der Waals surface area contributed by atoms with Gasteiger partial charge in [0.15, 0.2) is 0 Å². The van der Waals surface area contributed by atoms with E-state index >= 15 is 0 Å². The van der Waals surface area contributed by atoms with Crippen LogP contribution in [0.2, 0.25) is 0 Å². The van der Waals surface area contributed by atoms with Crippen molar-refractivity contribution in [2.24, 2.45) is 0 Å². The van der Waals surface area contributed by atoms with Gasteiger partial charge in [-0.3, -0.25) is 0 Å². The van der Waals surface area contributed by atoms with E-state index in [9.17, 15) is 5.11 Å². The van der Waals surface area contributed by atoms with Crippen LogP contribution in [-0.2, 0) is 0 Å². The zero-order valence-corrected chi connectivity index (χ0v) is 12.5. The smallest absolute Gasteiger partial charge is 0.105 e. The van der Waals surface area contributed by atoms with Crippen LogP contribution >= 0.6 is 15.9 Å². The maximum atomic E-state index is 10.5. The van der Waals surface area contributed by atoms with Crippen LogP contribution in [0.15, 0.2) is 40.9 Å². The summed E-state index contributed by atoms with van der Waals surface area (Å²) in [4.78, 5) is 0. The molecule has 0 bridgehead atoms. The molecule has 94 valence electrons. The first-order valence-corrected chi connectivity index (χ1v) is 6.80. The predicted octanol–water partition coefficient (Wildman–Crippen LogP) is 4.46. The van der Waals surface area contributed by atoms with Crippen LogP contribution in [0.25, 0.3) is 0 Å². The van der Waals surface area contributed by atoms with Gasteiger partial charge >= 0.3 is 0 Å². The highest BCUT2D eigenvalue weighted by molar-refractivity contribution is 9.10. The lowest BCUT2D eigenvalue weighted by atomic mass is 9.94. The van der Waals surface area contributed by atoms with Gasteiger partial charge in [-0.25, -0.2) is 0 Å². The summed E-state index contributed by atoms with van der Waals surface area (Å²) < 4.78 is 1.03.